The molecule has 2 amide bonds. The van der Waals surface area contributed by atoms with Gasteiger partial charge in [-0.05, 0) is 20.8 Å². The monoisotopic (exact) mass is 202 g/mol. The second-order valence-electron chi connectivity index (χ2n) is 3.93. The molecule has 0 spiro atoms. The minimum atomic E-state index is 0.0425. The van der Waals surface area contributed by atoms with Crippen molar-refractivity contribution in [1.82, 2.24) is 10.2 Å². The Hall–Kier alpha value is -0.380. The topological polar surface area (TPSA) is 32.3 Å². The van der Waals surface area contributed by atoms with E-state index in [0.717, 1.165) is 12.3 Å². The maximum atomic E-state index is 11.5. The zero-order chi connectivity index (χ0) is 10.1. The summed E-state index contributed by atoms with van der Waals surface area (Å²) in [6.07, 6.45) is 0. The van der Waals surface area contributed by atoms with E-state index in [2.05, 4.69) is 19.2 Å². The van der Waals surface area contributed by atoms with Crippen molar-refractivity contribution >= 4 is 17.8 Å². The minimum absolute atomic E-state index is 0.0425. The molecule has 0 radical (unpaired) electrons. The fourth-order valence-electron chi connectivity index (χ4n) is 1.12. The van der Waals surface area contributed by atoms with Crippen LogP contribution in [-0.2, 0) is 0 Å². The Bertz CT molecular complexity index is 206. The number of nitrogens with zero attached hydrogens (tertiary/aromatic N) is 1. The van der Waals surface area contributed by atoms with E-state index in [-0.39, 0.29) is 10.8 Å². The van der Waals surface area contributed by atoms with Crippen molar-refractivity contribution in [3.63, 3.8) is 0 Å². The van der Waals surface area contributed by atoms with Crippen LogP contribution < -0.4 is 5.32 Å². The van der Waals surface area contributed by atoms with Crippen LogP contribution in [0.3, 0.4) is 0 Å². The molecule has 1 aliphatic rings. The Labute approximate surface area is 84.2 Å². The van der Waals surface area contributed by atoms with Gasteiger partial charge in [-0.2, -0.15) is 11.8 Å². The molecule has 4 heteroatoms. The predicted molar refractivity (Wildman–Crippen MR) is 57.2 cm³/mol. The molecule has 0 saturated carbocycles. The molecule has 0 bridgehead atoms. The first-order valence-electron chi connectivity index (χ1n) is 4.63. The molecule has 0 aliphatic carbocycles. The van der Waals surface area contributed by atoms with E-state index in [1.54, 1.807) is 4.90 Å². The average molecular weight is 202 g/mol. The maximum absolute atomic E-state index is 11.5. The lowest BCUT2D eigenvalue weighted by Gasteiger charge is -2.44. The van der Waals surface area contributed by atoms with Gasteiger partial charge in [0, 0.05) is 24.1 Å². The van der Waals surface area contributed by atoms with Gasteiger partial charge in [-0.3, -0.25) is 0 Å². The van der Waals surface area contributed by atoms with Crippen molar-refractivity contribution in [3.05, 3.63) is 0 Å². The highest BCUT2D eigenvalue weighted by atomic mass is 32.2. The molecule has 76 valence electrons. The Balaban J connectivity index is 2.37. The van der Waals surface area contributed by atoms with Gasteiger partial charge in [0.2, 0.25) is 0 Å². The van der Waals surface area contributed by atoms with Crippen molar-refractivity contribution < 1.29 is 4.79 Å². The molecule has 1 N–H and O–H groups in total. The van der Waals surface area contributed by atoms with Crippen LogP contribution in [0.15, 0.2) is 0 Å². The summed E-state index contributed by atoms with van der Waals surface area (Å²) in [6, 6.07) is 0.375. The van der Waals surface area contributed by atoms with E-state index in [1.165, 1.54) is 0 Å². The number of carbonyl (C=O) groups is 1. The van der Waals surface area contributed by atoms with Crippen LogP contribution in [-0.4, -0.2) is 41.1 Å². The first-order valence-corrected chi connectivity index (χ1v) is 5.61. The molecule has 0 aromatic carbocycles. The maximum Gasteiger partial charge on any atom is 0.317 e. The molecule has 0 aromatic rings. The number of urea groups is 1. The van der Waals surface area contributed by atoms with Crippen LogP contribution in [0.4, 0.5) is 4.79 Å². The number of thioether (sulfide) groups is 1. The molecule has 1 unspecified atom stereocenters. The van der Waals surface area contributed by atoms with Crippen molar-refractivity contribution in [2.45, 2.75) is 31.6 Å². The zero-order valence-electron chi connectivity index (χ0n) is 8.76. The van der Waals surface area contributed by atoms with Gasteiger partial charge in [0.15, 0.2) is 0 Å². The van der Waals surface area contributed by atoms with E-state index in [1.807, 2.05) is 25.7 Å². The van der Waals surface area contributed by atoms with Gasteiger partial charge in [0.1, 0.15) is 0 Å². The zero-order valence-corrected chi connectivity index (χ0v) is 9.57. The van der Waals surface area contributed by atoms with Gasteiger partial charge < -0.3 is 10.2 Å². The number of carbonyl (C=O) groups excluding carboxylic acids is 1. The van der Waals surface area contributed by atoms with E-state index in [4.69, 9.17) is 0 Å². The highest BCUT2D eigenvalue weighted by Gasteiger charge is 2.40. The molecular formula is C9H18N2OS. The molecule has 0 aromatic heterocycles. The smallest absolute Gasteiger partial charge is 0.317 e. The van der Waals surface area contributed by atoms with Crippen LogP contribution in [0, 0.1) is 0 Å². The number of nitrogens with one attached hydrogen (secondary N) is 1. The van der Waals surface area contributed by atoms with Crippen LogP contribution in [0.25, 0.3) is 0 Å². The highest BCUT2D eigenvalue weighted by molar-refractivity contribution is 8.02. The lowest BCUT2D eigenvalue weighted by molar-refractivity contribution is 0.204. The predicted octanol–water partition coefficient (Wildman–Crippen LogP) is 1.54. The fraction of sp³-hybridized carbons (Fsp3) is 0.889. The summed E-state index contributed by atoms with van der Waals surface area (Å²) in [4.78, 5) is 13.2. The van der Waals surface area contributed by atoms with Crippen molar-refractivity contribution in [3.8, 4) is 0 Å². The van der Waals surface area contributed by atoms with Gasteiger partial charge in [-0.25, -0.2) is 4.79 Å². The van der Waals surface area contributed by atoms with Crippen LogP contribution in [0.1, 0.15) is 20.8 Å². The summed E-state index contributed by atoms with van der Waals surface area (Å²) in [6.45, 7) is 7.06. The van der Waals surface area contributed by atoms with Crippen LogP contribution in [0.5, 0.6) is 0 Å². The molecule has 1 aliphatic heterocycles. The normalized spacial score (nSPS) is 24.8. The Morgan fingerprint density at radius 2 is 2.31 bits per heavy atom. The standard InChI is InChI=1S/C9H18N2OS/c1-5-11(4)8(12)10-7-6-13-9(7,2)3/h7H,5-6H2,1-4H3,(H,10,12). The Morgan fingerprint density at radius 3 is 2.62 bits per heavy atom. The van der Waals surface area contributed by atoms with E-state index in [9.17, 15) is 4.79 Å². The molecule has 1 rings (SSSR count). The van der Waals surface area contributed by atoms with Gasteiger partial charge in [0.05, 0.1) is 6.04 Å². The first-order chi connectivity index (χ1) is 5.97. The van der Waals surface area contributed by atoms with Crippen LogP contribution in [0.2, 0.25) is 0 Å². The number of rotatable bonds is 2. The van der Waals surface area contributed by atoms with Gasteiger partial charge in [0.25, 0.3) is 0 Å². The molecular weight excluding hydrogens is 184 g/mol. The first kappa shape index (κ1) is 10.7. The van der Waals surface area contributed by atoms with E-state index in [0.29, 0.717) is 6.04 Å². The molecule has 1 saturated heterocycles. The fourth-order valence-corrected chi connectivity index (χ4v) is 2.26. The van der Waals surface area contributed by atoms with Crippen molar-refractivity contribution in [2.75, 3.05) is 19.3 Å². The summed E-state index contributed by atoms with van der Waals surface area (Å²) in [7, 11) is 1.81. The summed E-state index contributed by atoms with van der Waals surface area (Å²) < 4.78 is 0.213. The average Bonchev–Trinajstić information content (AvgIpc) is 2.10. The SMILES string of the molecule is CCN(C)C(=O)NC1CSC1(C)C. The molecule has 13 heavy (non-hydrogen) atoms. The largest absolute Gasteiger partial charge is 0.333 e. The minimum Gasteiger partial charge on any atom is -0.333 e. The molecule has 1 fully saturated rings. The summed E-state index contributed by atoms with van der Waals surface area (Å²) >= 11 is 1.90. The van der Waals surface area contributed by atoms with Gasteiger partial charge in [-0.1, -0.05) is 0 Å². The molecule has 1 heterocycles. The number of amides is 2. The summed E-state index contributed by atoms with van der Waals surface area (Å²) in [5.41, 5.74) is 0. The second-order valence-corrected chi connectivity index (χ2v) is 5.60. The third-order valence-corrected chi connectivity index (χ3v) is 4.11. The van der Waals surface area contributed by atoms with Crippen molar-refractivity contribution in [2.24, 2.45) is 0 Å². The summed E-state index contributed by atoms with van der Waals surface area (Å²) in [5, 5.41) is 3.02. The third-order valence-electron chi connectivity index (χ3n) is 2.58. The quantitative estimate of drug-likeness (QED) is 0.736. The second kappa shape index (κ2) is 3.78. The highest BCUT2D eigenvalue weighted by Crippen LogP contribution is 2.39. The van der Waals surface area contributed by atoms with Crippen molar-refractivity contribution in [1.29, 1.82) is 0 Å². The summed E-state index contributed by atoms with van der Waals surface area (Å²) in [5.74, 6) is 1.04. The Kier molecular flexibility index (Phi) is 3.11. The Morgan fingerprint density at radius 1 is 1.69 bits per heavy atom. The number of hydrogen-bond donors (Lipinski definition) is 1. The van der Waals surface area contributed by atoms with Gasteiger partial charge >= 0.3 is 6.03 Å². The lowest BCUT2D eigenvalue weighted by atomic mass is 10.0. The number of hydrogen-bond acceptors (Lipinski definition) is 2. The molecule has 1 atom stereocenters. The third kappa shape index (κ3) is 2.30. The van der Waals surface area contributed by atoms with E-state index < -0.39 is 0 Å². The lowest BCUT2D eigenvalue weighted by Crippen LogP contribution is -2.58. The van der Waals surface area contributed by atoms with E-state index >= 15 is 0 Å². The van der Waals surface area contributed by atoms with Crippen LogP contribution >= 0.6 is 11.8 Å². The van der Waals surface area contributed by atoms with Gasteiger partial charge in [-0.15, -0.1) is 0 Å². The molecule has 3 nitrogen and oxygen atoms in total.